The summed E-state index contributed by atoms with van der Waals surface area (Å²) in [5.41, 5.74) is 2.47. The van der Waals surface area contributed by atoms with Gasteiger partial charge >= 0.3 is 0 Å². The molecule has 0 bridgehead atoms. The predicted molar refractivity (Wildman–Crippen MR) is 95.4 cm³/mol. The minimum absolute atomic E-state index is 0.178. The molecule has 1 N–H and O–H groups in total. The molecule has 0 saturated carbocycles. The second kappa shape index (κ2) is 7.25. The second-order valence-electron chi connectivity index (χ2n) is 6.05. The molecule has 3 aromatic rings. The molecular weight excluding hydrogens is 316 g/mol. The molecule has 128 valence electrons. The highest BCUT2D eigenvalue weighted by molar-refractivity contribution is 6.04. The van der Waals surface area contributed by atoms with Crippen molar-refractivity contribution in [3.8, 4) is 11.4 Å². The van der Waals surface area contributed by atoms with Crippen LogP contribution in [0.3, 0.4) is 0 Å². The molecule has 0 radical (unpaired) electrons. The Morgan fingerprint density at radius 1 is 1.20 bits per heavy atom. The lowest BCUT2D eigenvalue weighted by molar-refractivity contribution is 0.102. The first-order chi connectivity index (χ1) is 12.1. The first-order valence-electron chi connectivity index (χ1n) is 8.27. The Morgan fingerprint density at radius 3 is 2.60 bits per heavy atom. The monoisotopic (exact) mass is 336 g/mol. The van der Waals surface area contributed by atoms with E-state index in [1.807, 2.05) is 26.0 Å². The first-order valence-corrected chi connectivity index (χ1v) is 8.27. The van der Waals surface area contributed by atoms with E-state index in [2.05, 4.69) is 27.4 Å². The lowest BCUT2D eigenvalue weighted by Crippen LogP contribution is -2.13. The van der Waals surface area contributed by atoms with E-state index in [1.54, 1.807) is 30.5 Å². The molecule has 0 aliphatic carbocycles. The van der Waals surface area contributed by atoms with Crippen molar-refractivity contribution >= 4 is 11.7 Å². The van der Waals surface area contributed by atoms with Gasteiger partial charge in [-0.15, -0.1) is 0 Å². The van der Waals surface area contributed by atoms with Crippen molar-refractivity contribution in [2.24, 2.45) is 0 Å². The van der Waals surface area contributed by atoms with Crippen LogP contribution in [0, 0.1) is 0 Å². The van der Waals surface area contributed by atoms with E-state index in [0.29, 0.717) is 23.1 Å². The maximum Gasteiger partial charge on any atom is 0.256 e. The molecule has 0 saturated heterocycles. The average molecular weight is 336 g/mol. The highest BCUT2D eigenvalue weighted by atomic mass is 16.5. The van der Waals surface area contributed by atoms with Crippen LogP contribution in [-0.4, -0.2) is 21.0 Å². The number of benzene rings is 1. The number of anilines is 1. The van der Waals surface area contributed by atoms with Gasteiger partial charge in [0.05, 0.1) is 0 Å². The number of amides is 1. The Bertz CT molecular complexity index is 869. The summed E-state index contributed by atoms with van der Waals surface area (Å²) >= 11 is 0. The van der Waals surface area contributed by atoms with E-state index in [4.69, 9.17) is 4.52 Å². The number of aromatic nitrogens is 3. The van der Waals surface area contributed by atoms with E-state index < -0.39 is 0 Å². The number of hydrogen-bond donors (Lipinski definition) is 1. The molecule has 1 amide bonds. The highest BCUT2D eigenvalue weighted by Crippen LogP contribution is 2.20. The summed E-state index contributed by atoms with van der Waals surface area (Å²) < 4.78 is 5.21. The van der Waals surface area contributed by atoms with Crippen molar-refractivity contribution in [3.05, 3.63) is 59.6 Å². The van der Waals surface area contributed by atoms with Crippen LogP contribution in [0.25, 0.3) is 11.4 Å². The molecule has 0 aliphatic heterocycles. The van der Waals surface area contributed by atoms with Gasteiger partial charge in [0.1, 0.15) is 5.82 Å². The zero-order valence-electron chi connectivity index (χ0n) is 14.5. The fourth-order valence-electron chi connectivity index (χ4n) is 2.31. The summed E-state index contributed by atoms with van der Waals surface area (Å²) in [7, 11) is 0. The molecular formula is C19H20N4O2. The van der Waals surface area contributed by atoms with Gasteiger partial charge in [0.2, 0.25) is 11.7 Å². The van der Waals surface area contributed by atoms with Gasteiger partial charge in [-0.1, -0.05) is 38.1 Å². The number of nitrogens with zero attached hydrogens (tertiary/aromatic N) is 3. The lowest BCUT2D eigenvalue weighted by Gasteiger charge is -2.06. The van der Waals surface area contributed by atoms with E-state index in [-0.39, 0.29) is 11.8 Å². The van der Waals surface area contributed by atoms with E-state index in [1.165, 1.54) is 0 Å². The minimum atomic E-state index is -0.205. The molecule has 6 heteroatoms. The van der Waals surface area contributed by atoms with Crippen LogP contribution in [0.2, 0.25) is 0 Å². The summed E-state index contributed by atoms with van der Waals surface area (Å²) in [6.07, 6.45) is 2.59. The van der Waals surface area contributed by atoms with E-state index >= 15 is 0 Å². The molecule has 6 nitrogen and oxygen atoms in total. The van der Waals surface area contributed by atoms with Gasteiger partial charge in [0.25, 0.3) is 5.91 Å². The number of carbonyl (C=O) groups is 1. The molecule has 0 unspecified atom stereocenters. The third-order valence-electron chi connectivity index (χ3n) is 3.82. The van der Waals surface area contributed by atoms with Crippen molar-refractivity contribution in [2.45, 2.75) is 33.1 Å². The second-order valence-corrected chi connectivity index (χ2v) is 6.05. The van der Waals surface area contributed by atoms with Gasteiger partial charge in [0.15, 0.2) is 0 Å². The number of pyridine rings is 1. The Hall–Kier alpha value is -3.02. The molecule has 2 aromatic heterocycles. The SMILES string of the molecule is CCc1ccnc(NC(=O)c2ccc(-c3noc(C(C)C)n3)cc2)c1. The van der Waals surface area contributed by atoms with Crippen LogP contribution in [0.5, 0.6) is 0 Å². The fraction of sp³-hybridized carbons (Fsp3) is 0.263. The smallest absolute Gasteiger partial charge is 0.256 e. The zero-order chi connectivity index (χ0) is 17.8. The van der Waals surface area contributed by atoms with Gasteiger partial charge in [-0.2, -0.15) is 4.98 Å². The molecule has 0 spiro atoms. The average Bonchev–Trinajstić information content (AvgIpc) is 3.12. The number of rotatable bonds is 5. The van der Waals surface area contributed by atoms with Gasteiger partial charge in [-0.25, -0.2) is 4.98 Å². The molecule has 0 atom stereocenters. The van der Waals surface area contributed by atoms with Crippen LogP contribution in [-0.2, 0) is 6.42 Å². The largest absolute Gasteiger partial charge is 0.339 e. The van der Waals surface area contributed by atoms with E-state index in [0.717, 1.165) is 17.5 Å². The maximum atomic E-state index is 12.4. The predicted octanol–water partition coefficient (Wildman–Crippen LogP) is 4.07. The van der Waals surface area contributed by atoms with E-state index in [9.17, 15) is 4.79 Å². The Morgan fingerprint density at radius 2 is 1.96 bits per heavy atom. The number of hydrogen-bond acceptors (Lipinski definition) is 5. The third-order valence-corrected chi connectivity index (χ3v) is 3.82. The third kappa shape index (κ3) is 3.91. The van der Waals surface area contributed by atoms with Crippen molar-refractivity contribution in [2.75, 3.05) is 5.32 Å². The van der Waals surface area contributed by atoms with Gasteiger partial charge < -0.3 is 9.84 Å². The highest BCUT2D eigenvalue weighted by Gasteiger charge is 2.13. The van der Waals surface area contributed by atoms with Crippen LogP contribution in [0.1, 0.15) is 48.5 Å². The van der Waals surface area contributed by atoms with Crippen molar-refractivity contribution in [3.63, 3.8) is 0 Å². The summed E-state index contributed by atoms with van der Waals surface area (Å²) in [5, 5.41) is 6.78. The topological polar surface area (TPSA) is 80.9 Å². The zero-order valence-corrected chi connectivity index (χ0v) is 14.5. The van der Waals surface area contributed by atoms with Crippen LogP contribution in [0.15, 0.2) is 47.1 Å². The molecule has 0 fully saturated rings. The lowest BCUT2D eigenvalue weighted by atomic mass is 10.1. The number of nitrogens with one attached hydrogen (secondary N) is 1. The van der Waals surface area contributed by atoms with Crippen molar-refractivity contribution in [1.82, 2.24) is 15.1 Å². The summed E-state index contributed by atoms with van der Waals surface area (Å²) in [6.45, 7) is 6.04. The standard InChI is InChI=1S/C19H20N4O2/c1-4-13-9-10-20-16(11-13)21-18(24)15-7-5-14(6-8-15)17-22-19(12(2)3)25-23-17/h5-12H,4H2,1-3H3,(H,20,21,24). The van der Waals surface area contributed by atoms with Gasteiger partial charge in [-0.05, 0) is 36.2 Å². The minimum Gasteiger partial charge on any atom is -0.339 e. The Kier molecular flexibility index (Phi) is 4.88. The quantitative estimate of drug-likeness (QED) is 0.759. The Balaban J connectivity index is 1.73. The van der Waals surface area contributed by atoms with Crippen LogP contribution >= 0.6 is 0 Å². The molecule has 0 aliphatic rings. The fourth-order valence-corrected chi connectivity index (χ4v) is 2.31. The summed E-state index contributed by atoms with van der Waals surface area (Å²) in [6, 6.07) is 10.9. The van der Waals surface area contributed by atoms with Gasteiger partial charge in [-0.3, -0.25) is 4.79 Å². The van der Waals surface area contributed by atoms with Crippen molar-refractivity contribution in [1.29, 1.82) is 0 Å². The normalized spacial score (nSPS) is 10.9. The number of aryl methyl sites for hydroxylation is 1. The first kappa shape index (κ1) is 16.8. The molecule has 2 heterocycles. The van der Waals surface area contributed by atoms with Crippen molar-refractivity contribution < 1.29 is 9.32 Å². The molecule has 25 heavy (non-hydrogen) atoms. The van der Waals surface area contributed by atoms with Crippen LogP contribution < -0.4 is 5.32 Å². The van der Waals surface area contributed by atoms with Crippen LogP contribution in [0.4, 0.5) is 5.82 Å². The summed E-state index contributed by atoms with van der Waals surface area (Å²) in [4.78, 5) is 20.9. The Labute approximate surface area is 146 Å². The number of carbonyl (C=O) groups excluding carboxylic acids is 1. The summed E-state index contributed by atoms with van der Waals surface area (Å²) in [5.74, 6) is 1.64. The molecule has 3 rings (SSSR count). The molecule has 1 aromatic carbocycles. The maximum absolute atomic E-state index is 12.4. The van der Waals surface area contributed by atoms with Gasteiger partial charge in [0, 0.05) is 23.2 Å².